The van der Waals surface area contributed by atoms with Crippen molar-refractivity contribution in [3.05, 3.63) is 34.9 Å². The van der Waals surface area contributed by atoms with Gasteiger partial charge < -0.3 is 5.11 Å². The van der Waals surface area contributed by atoms with Crippen molar-refractivity contribution in [1.82, 2.24) is 4.98 Å². The van der Waals surface area contributed by atoms with E-state index in [-0.39, 0.29) is 11.0 Å². The number of carbonyl (C=O) groups is 1. The van der Waals surface area contributed by atoms with Gasteiger partial charge in [0.05, 0.1) is 5.69 Å². The van der Waals surface area contributed by atoms with Crippen LogP contribution in [0.1, 0.15) is 37.9 Å². The smallest absolute Gasteiger partial charge is 0.346 e. The molecule has 19 heavy (non-hydrogen) atoms. The van der Waals surface area contributed by atoms with Gasteiger partial charge in [-0.2, -0.15) is 5.26 Å². The maximum atomic E-state index is 14.0. The average molecular weight is 260 g/mol. The Labute approximate surface area is 110 Å². The number of aliphatic carboxylic acids is 1. The van der Waals surface area contributed by atoms with Crippen LogP contribution in [0.2, 0.25) is 0 Å². The number of nitrogens with zero attached hydrogens (tertiary/aromatic N) is 2. The summed E-state index contributed by atoms with van der Waals surface area (Å²) < 4.78 is 14.0. The van der Waals surface area contributed by atoms with Crippen LogP contribution in [0.25, 0.3) is 5.57 Å². The van der Waals surface area contributed by atoms with Gasteiger partial charge >= 0.3 is 5.97 Å². The van der Waals surface area contributed by atoms with Crippen molar-refractivity contribution in [3.8, 4) is 6.07 Å². The van der Waals surface area contributed by atoms with Crippen LogP contribution in [-0.2, 0) is 10.2 Å². The fraction of sp³-hybridized carbons (Fsp3) is 0.357. The lowest BCUT2D eigenvalue weighted by Gasteiger charge is -2.10. The van der Waals surface area contributed by atoms with Crippen LogP contribution in [0.3, 0.4) is 0 Å². The van der Waals surface area contributed by atoms with E-state index in [0.29, 0.717) is 11.3 Å². The monoisotopic (exact) mass is 260 g/mol. The highest BCUT2D eigenvalue weighted by atomic mass is 19.1. The lowest BCUT2D eigenvalue weighted by atomic mass is 10.00. The first-order valence-corrected chi connectivity index (χ1v) is 5.90. The van der Waals surface area contributed by atoms with Crippen LogP contribution in [0.4, 0.5) is 4.39 Å². The van der Waals surface area contributed by atoms with Gasteiger partial charge in [-0.05, 0) is 31.4 Å². The van der Waals surface area contributed by atoms with E-state index < -0.39 is 17.4 Å². The molecule has 0 atom stereocenters. The Morgan fingerprint density at radius 1 is 1.58 bits per heavy atom. The molecule has 1 fully saturated rings. The summed E-state index contributed by atoms with van der Waals surface area (Å²) >= 11 is 0. The van der Waals surface area contributed by atoms with E-state index in [9.17, 15) is 9.18 Å². The van der Waals surface area contributed by atoms with Crippen LogP contribution >= 0.6 is 0 Å². The normalized spacial score (nSPS) is 17.4. The molecule has 1 aromatic rings. The summed E-state index contributed by atoms with van der Waals surface area (Å²) in [7, 11) is 0. The summed E-state index contributed by atoms with van der Waals surface area (Å²) in [5, 5.41) is 17.7. The summed E-state index contributed by atoms with van der Waals surface area (Å²) in [6.45, 7) is 3.42. The van der Waals surface area contributed by atoms with Crippen molar-refractivity contribution in [3.63, 3.8) is 0 Å². The standard InChI is InChI=1S/C14H13FN2O2/c1-8(10(6-16)13(18)19)9-5-11(15)12(17-7-9)14(2)3-4-14/h5,7H,3-4H2,1-2H3,(H,18,19)/b10-8+. The Balaban J connectivity index is 2.46. The van der Waals surface area contributed by atoms with E-state index in [1.54, 1.807) is 6.07 Å². The Morgan fingerprint density at radius 3 is 2.63 bits per heavy atom. The van der Waals surface area contributed by atoms with E-state index in [4.69, 9.17) is 10.4 Å². The lowest BCUT2D eigenvalue weighted by molar-refractivity contribution is -0.132. The van der Waals surface area contributed by atoms with Crippen molar-refractivity contribution in [1.29, 1.82) is 5.26 Å². The largest absolute Gasteiger partial charge is 0.477 e. The predicted molar refractivity (Wildman–Crippen MR) is 66.6 cm³/mol. The molecule has 0 spiro atoms. The van der Waals surface area contributed by atoms with Crippen molar-refractivity contribution >= 4 is 11.5 Å². The van der Waals surface area contributed by atoms with Crippen molar-refractivity contribution in [2.45, 2.75) is 32.1 Å². The van der Waals surface area contributed by atoms with Crippen molar-refractivity contribution in [2.24, 2.45) is 0 Å². The third-order valence-electron chi connectivity index (χ3n) is 3.55. The first-order valence-electron chi connectivity index (χ1n) is 5.90. The minimum absolute atomic E-state index is 0.189. The second-order valence-electron chi connectivity index (χ2n) is 5.03. The van der Waals surface area contributed by atoms with E-state index in [2.05, 4.69) is 4.98 Å². The summed E-state index contributed by atoms with van der Waals surface area (Å²) in [5.74, 6) is -1.77. The minimum Gasteiger partial charge on any atom is -0.477 e. The first-order chi connectivity index (χ1) is 8.89. The van der Waals surface area contributed by atoms with Gasteiger partial charge in [0.1, 0.15) is 17.5 Å². The fourth-order valence-electron chi connectivity index (χ4n) is 1.95. The van der Waals surface area contributed by atoms with Crippen LogP contribution in [0, 0.1) is 17.1 Å². The number of halogens is 1. The second kappa shape index (κ2) is 4.47. The molecule has 4 nitrogen and oxygen atoms in total. The first kappa shape index (κ1) is 13.2. The summed E-state index contributed by atoms with van der Waals surface area (Å²) in [5.41, 5.74) is 0.369. The molecule has 2 rings (SSSR count). The molecule has 0 unspecified atom stereocenters. The quantitative estimate of drug-likeness (QED) is 0.669. The highest BCUT2D eigenvalue weighted by Crippen LogP contribution is 2.47. The molecule has 0 saturated heterocycles. The van der Waals surface area contributed by atoms with Crippen LogP contribution in [-0.4, -0.2) is 16.1 Å². The molecule has 0 radical (unpaired) electrons. The van der Waals surface area contributed by atoms with Gasteiger partial charge in [0.2, 0.25) is 0 Å². The van der Waals surface area contributed by atoms with Gasteiger partial charge in [0.25, 0.3) is 0 Å². The number of aromatic nitrogens is 1. The van der Waals surface area contributed by atoms with E-state index >= 15 is 0 Å². The highest BCUT2D eigenvalue weighted by Gasteiger charge is 2.42. The Morgan fingerprint density at radius 2 is 2.21 bits per heavy atom. The SMILES string of the molecule is C/C(=C(/C#N)C(=O)O)c1cnc(C2(C)CC2)c(F)c1. The maximum absolute atomic E-state index is 14.0. The van der Waals surface area contributed by atoms with Crippen LogP contribution in [0.5, 0.6) is 0 Å². The number of hydrogen-bond donors (Lipinski definition) is 1. The van der Waals surface area contributed by atoms with Crippen molar-refractivity contribution < 1.29 is 14.3 Å². The number of pyridine rings is 1. The molecule has 1 saturated carbocycles. The van der Waals surface area contributed by atoms with Gasteiger partial charge in [0.15, 0.2) is 0 Å². The predicted octanol–water partition coefficient (Wildman–Crippen LogP) is 2.65. The molecule has 1 aromatic heterocycles. The maximum Gasteiger partial charge on any atom is 0.346 e. The van der Waals surface area contributed by atoms with Gasteiger partial charge in [-0.3, -0.25) is 4.98 Å². The van der Waals surface area contributed by atoms with Crippen molar-refractivity contribution in [2.75, 3.05) is 0 Å². The summed E-state index contributed by atoms with van der Waals surface area (Å²) in [4.78, 5) is 15.0. The highest BCUT2D eigenvalue weighted by molar-refractivity contribution is 5.99. The number of allylic oxidation sites excluding steroid dienone is 1. The lowest BCUT2D eigenvalue weighted by Crippen LogP contribution is -2.08. The van der Waals surface area contributed by atoms with Gasteiger partial charge in [-0.15, -0.1) is 0 Å². The number of nitriles is 1. The molecular weight excluding hydrogens is 247 g/mol. The van der Waals surface area contributed by atoms with E-state index in [1.165, 1.54) is 19.2 Å². The zero-order valence-electron chi connectivity index (χ0n) is 10.7. The molecule has 5 heteroatoms. The topological polar surface area (TPSA) is 74.0 Å². The van der Waals surface area contributed by atoms with Gasteiger partial charge in [-0.25, -0.2) is 9.18 Å². The zero-order chi connectivity index (χ0) is 14.2. The number of rotatable bonds is 3. The molecular formula is C14H13FN2O2. The molecule has 0 aromatic carbocycles. The van der Waals surface area contributed by atoms with Crippen LogP contribution < -0.4 is 0 Å². The number of carboxylic acid groups (broad SMARTS) is 1. The molecule has 0 amide bonds. The Bertz CT molecular complexity index is 625. The number of carboxylic acids is 1. The minimum atomic E-state index is -1.32. The molecule has 0 aliphatic heterocycles. The van der Waals surface area contributed by atoms with E-state index in [0.717, 1.165) is 12.8 Å². The number of hydrogen-bond acceptors (Lipinski definition) is 3. The molecule has 1 N–H and O–H groups in total. The Hall–Kier alpha value is -2.22. The van der Waals surface area contributed by atoms with E-state index in [1.807, 2.05) is 6.92 Å². The third kappa shape index (κ3) is 2.34. The third-order valence-corrected chi connectivity index (χ3v) is 3.55. The second-order valence-corrected chi connectivity index (χ2v) is 5.03. The molecule has 98 valence electrons. The average Bonchev–Trinajstić information content (AvgIpc) is 3.08. The summed E-state index contributed by atoms with van der Waals surface area (Å²) in [6.07, 6.45) is 3.24. The zero-order valence-corrected chi connectivity index (χ0v) is 10.7. The fourth-order valence-corrected chi connectivity index (χ4v) is 1.95. The van der Waals surface area contributed by atoms with Gasteiger partial charge in [-0.1, -0.05) is 6.92 Å². The van der Waals surface area contributed by atoms with Crippen LogP contribution in [0.15, 0.2) is 17.8 Å². The Kier molecular flexibility index (Phi) is 3.11. The summed E-state index contributed by atoms with van der Waals surface area (Å²) in [6, 6.07) is 2.86. The van der Waals surface area contributed by atoms with Gasteiger partial charge in [0, 0.05) is 17.2 Å². The molecule has 1 aliphatic carbocycles. The molecule has 1 aliphatic rings. The molecule has 1 heterocycles. The molecule has 0 bridgehead atoms.